The zero-order chi connectivity index (χ0) is 28.0. The van der Waals surface area contributed by atoms with Crippen molar-refractivity contribution in [3.8, 4) is 11.8 Å². The minimum atomic E-state index is -0.0681. The Morgan fingerprint density at radius 1 is 0.500 bits per heavy atom. The smallest absolute Gasteiger partial charge is 0.134 e. The standard InChI is InChI=1S/C39H45F/c1-3-5-7-9-11-13-36-27-28-37-30-35(26-29-38(37)39(36)40)25-24-34-22-20-33(21-23-34)19-18-32-16-14-31(15-17-32)12-10-8-6-4-2/h14-17,20-23,26-30H,3-13,18-19H2,1-2H3. The normalized spacial score (nSPS) is 11.0. The Morgan fingerprint density at radius 2 is 1.02 bits per heavy atom. The molecule has 0 N–H and O–H groups in total. The monoisotopic (exact) mass is 532 g/mol. The van der Waals surface area contributed by atoms with Gasteiger partial charge >= 0.3 is 0 Å². The van der Waals surface area contributed by atoms with E-state index in [0.717, 1.165) is 47.8 Å². The average Bonchev–Trinajstić information content (AvgIpc) is 2.99. The Morgan fingerprint density at radius 3 is 1.70 bits per heavy atom. The van der Waals surface area contributed by atoms with Gasteiger partial charge in [0.25, 0.3) is 0 Å². The second kappa shape index (κ2) is 16.0. The highest BCUT2D eigenvalue weighted by atomic mass is 19.1. The Bertz CT molecular complexity index is 1380. The molecule has 0 aliphatic rings. The molecule has 40 heavy (non-hydrogen) atoms. The summed E-state index contributed by atoms with van der Waals surface area (Å²) in [5, 5.41) is 1.61. The van der Waals surface area contributed by atoms with Crippen molar-refractivity contribution in [2.45, 2.75) is 97.3 Å². The number of unbranched alkanes of at least 4 members (excludes halogenated alkanes) is 7. The molecule has 0 saturated heterocycles. The number of aryl methyl sites for hydroxylation is 4. The molecule has 0 nitrogen and oxygen atoms in total. The van der Waals surface area contributed by atoms with Crippen LogP contribution in [0.1, 0.15) is 105 Å². The highest BCUT2D eigenvalue weighted by Crippen LogP contribution is 2.24. The topological polar surface area (TPSA) is 0 Å². The largest absolute Gasteiger partial charge is 0.206 e. The van der Waals surface area contributed by atoms with Gasteiger partial charge in [-0.3, -0.25) is 0 Å². The number of benzene rings is 4. The summed E-state index contributed by atoms with van der Waals surface area (Å²) in [5.74, 6) is 6.49. The number of hydrogen-bond donors (Lipinski definition) is 0. The molecule has 0 bridgehead atoms. The van der Waals surface area contributed by atoms with Gasteiger partial charge in [-0.1, -0.05) is 125 Å². The van der Waals surface area contributed by atoms with Crippen molar-refractivity contribution in [1.82, 2.24) is 0 Å². The lowest BCUT2D eigenvalue weighted by Gasteiger charge is -2.07. The summed E-state index contributed by atoms with van der Waals surface area (Å²) < 4.78 is 15.1. The van der Waals surface area contributed by atoms with E-state index in [1.54, 1.807) is 0 Å². The van der Waals surface area contributed by atoms with E-state index in [4.69, 9.17) is 0 Å². The molecule has 1 heteroatoms. The number of rotatable bonds is 14. The first-order valence-electron chi connectivity index (χ1n) is 15.6. The number of fused-ring (bicyclic) bond motifs is 1. The summed E-state index contributed by atoms with van der Waals surface area (Å²) >= 11 is 0. The molecule has 0 saturated carbocycles. The van der Waals surface area contributed by atoms with Crippen molar-refractivity contribution in [1.29, 1.82) is 0 Å². The van der Waals surface area contributed by atoms with E-state index in [-0.39, 0.29) is 5.82 Å². The molecular weight excluding hydrogens is 487 g/mol. The first kappa shape index (κ1) is 29.6. The first-order valence-corrected chi connectivity index (χ1v) is 15.6. The maximum atomic E-state index is 15.1. The third-order valence-corrected chi connectivity index (χ3v) is 7.93. The Labute approximate surface area is 242 Å². The van der Waals surface area contributed by atoms with Crippen LogP contribution in [0.3, 0.4) is 0 Å². The molecule has 0 unspecified atom stereocenters. The lowest BCUT2D eigenvalue weighted by Crippen LogP contribution is -1.93. The van der Waals surface area contributed by atoms with E-state index in [1.807, 2.05) is 30.3 Å². The summed E-state index contributed by atoms with van der Waals surface area (Å²) in [7, 11) is 0. The minimum Gasteiger partial charge on any atom is -0.206 e. The van der Waals surface area contributed by atoms with Gasteiger partial charge in [0.1, 0.15) is 5.82 Å². The van der Waals surface area contributed by atoms with Gasteiger partial charge in [-0.2, -0.15) is 0 Å². The molecule has 208 valence electrons. The second-order valence-electron chi connectivity index (χ2n) is 11.2. The van der Waals surface area contributed by atoms with Crippen molar-refractivity contribution in [3.63, 3.8) is 0 Å². The van der Waals surface area contributed by atoms with Gasteiger partial charge < -0.3 is 0 Å². The van der Waals surface area contributed by atoms with Gasteiger partial charge in [-0.25, -0.2) is 4.39 Å². The van der Waals surface area contributed by atoms with E-state index in [9.17, 15) is 0 Å². The maximum Gasteiger partial charge on any atom is 0.134 e. The summed E-state index contributed by atoms with van der Waals surface area (Å²) in [6, 6.07) is 27.6. The van der Waals surface area contributed by atoms with Gasteiger partial charge in [0.2, 0.25) is 0 Å². The van der Waals surface area contributed by atoms with Gasteiger partial charge in [-0.05, 0) is 90.4 Å². The van der Waals surface area contributed by atoms with Crippen LogP contribution >= 0.6 is 0 Å². The zero-order valence-electron chi connectivity index (χ0n) is 24.6. The molecule has 0 heterocycles. The number of hydrogen-bond acceptors (Lipinski definition) is 0. The molecule has 4 rings (SSSR count). The van der Waals surface area contributed by atoms with Gasteiger partial charge in [0.05, 0.1) is 0 Å². The van der Waals surface area contributed by atoms with Crippen molar-refractivity contribution in [2.75, 3.05) is 0 Å². The van der Waals surface area contributed by atoms with Gasteiger partial charge in [0, 0.05) is 16.5 Å². The van der Waals surface area contributed by atoms with Crippen molar-refractivity contribution < 1.29 is 4.39 Å². The van der Waals surface area contributed by atoms with Crippen LogP contribution in [0.4, 0.5) is 4.39 Å². The molecule has 0 aliphatic carbocycles. The number of halogens is 1. The summed E-state index contributed by atoms with van der Waals surface area (Å²) in [4.78, 5) is 0. The van der Waals surface area contributed by atoms with Crippen LogP contribution in [0, 0.1) is 17.7 Å². The fourth-order valence-corrected chi connectivity index (χ4v) is 5.34. The molecule has 0 aliphatic heterocycles. The fourth-order valence-electron chi connectivity index (χ4n) is 5.34. The molecule has 0 amide bonds. The van der Waals surface area contributed by atoms with E-state index < -0.39 is 0 Å². The van der Waals surface area contributed by atoms with Crippen LogP contribution in [-0.4, -0.2) is 0 Å². The second-order valence-corrected chi connectivity index (χ2v) is 11.2. The zero-order valence-corrected chi connectivity index (χ0v) is 24.6. The van der Waals surface area contributed by atoms with Crippen LogP contribution in [0.15, 0.2) is 78.9 Å². The molecule has 0 atom stereocenters. The highest BCUT2D eigenvalue weighted by molar-refractivity contribution is 5.85. The Balaban J connectivity index is 1.29. The van der Waals surface area contributed by atoms with E-state index >= 15 is 4.39 Å². The SMILES string of the molecule is CCCCCCCc1ccc2cc(C#Cc3ccc(CCc4ccc(CCCCCC)cc4)cc3)ccc2c1F. The molecule has 4 aromatic carbocycles. The Kier molecular flexibility index (Phi) is 11.9. The molecule has 0 radical (unpaired) electrons. The van der Waals surface area contributed by atoms with Crippen molar-refractivity contribution in [3.05, 3.63) is 118 Å². The summed E-state index contributed by atoms with van der Waals surface area (Å²) in [5.41, 5.74) is 6.93. The Hall–Kier alpha value is -3.37. The first-order chi connectivity index (χ1) is 19.7. The molecule has 4 aromatic rings. The molecule has 0 fully saturated rings. The van der Waals surface area contributed by atoms with E-state index in [2.05, 4.69) is 74.2 Å². The predicted molar refractivity (Wildman–Crippen MR) is 170 cm³/mol. The maximum absolute atomic E-state index is 15.1. The van der Waals surface area contributed by atoms with Crippen molar-refractivity contribution >= 4 is 10.8 Å². The molecule has 0 aromatic heterocycles. The highest BCUT2D eigenvalue weighted by Gasteiger charge is 2.08. The van der Waals surface area contributed by atoms with E-state index in [1.165, 1.54) is 74.5 Å². The summed E-state index contributed by atoms with van der Waals surface area (Å²) in [6.45, 7) is 4.48. The van der Waals surface area contributed by atoms with Gasteiger partial charge in [0.15, 0.2) is 0 Å². The predicted octanol–water partition coefficient (Wildman–Crippen LogP) is 10.8. The minimum absolute atomic E-state index is 0.0681. The van der Waals surface area contributed by atoms with Gasteiger partial charge in [-0.15, -0.1) is 0 Å². The average molecular weight is 533 g/mol. The quantitative estimate of drug-likeness (QED) is 0.112. The third-order valence-electron chi connectivity index (χ3n) is 7.93. The molecule has 0 spiro atoms. The van der Waals surface area contributed by atoms with Crippen LogP contribution < -0.4 is 0 Å². The fraction of sp³-hybridized carbons (Fsp3) is 0.385. The van der Waals surface area contributed by atoms with Crippen LogP contribution in [0.25, 0.3) is 10.8 Å². The van der Waals surface area contributed by atoms with Crippen LogP contribution in [-0.2, 0) is 25.7 Å². The van der Waals surface area contributed by atoms with Crippen LogP contribution in [0.2, 0.25) is 0 Å². The summed E-state index contributed by atoms with van der Waals surface area (Å²) in [6.07, 6.45) is 15.3. The van der Waals surface area contributed by atoms with Crippen molar-refractivity contribution in [2.24, 2.45) is 0 Å². The van der Waals surface area contributed by atoms with Crippen LogP contribution in [0.5, 0.6) is 0 Å². The lowest BCUT2D eigenvalue weighted by molar-refractivity contribution is 0.595. The third kappa shape index (κ3) is 9.09. The van der Waals surface area contributed by atoms with E-state index in [0.29, 0.717) is 5.39 Å². The molecular formula is C39H45F. The lowest BCUT2D eigenvalue weighted by atomic mass is 9.99.